The number of imidazole rings is 1. The molecule has 1 aliphatic carbocycles. The first-order chi connectivity index (χ1) is 9.56. The topological polar surface area (TPSA) is 17.8 Å². The Hall–Kier alpha value is -0.730. The molecule has 108 valence electrons. The molecule has 0 saturated heterocycles. The number of hydrogen-bond donors (Lipinski definition) is 0. The van der Waals surface area contributed by atoms with Gasteiger partial charge in [-0.05, 0) is 43.7 Å². The third-order valence-electron chi connectivity index (χ3n) is 4.35. The molecule has 0 amide bonds. The van der Waals surface area contributed by atoms with E-state index in [0.29, 0.717) is 10.4 Å². The summed E-state index contributed by atoms with van der Waals surface area (Å²) in [4.78, 5) is 4.68. The predicted octanol–water partition coefficient (Wildman–Crippen LogP) is 5.57. The minimum atomic E-state index is -0.101. The van der Waals surface area contributed by atoms with Gasteiger partial charge in [-0.15, -0.1) is 11.6 Å². The molecule has 2 aromatic rings. The summed E-state index contributed by atoms with van der Waals surface area (Å²) in [5.41, 5.74) is 2.46. The number of nitrogens with zero attached hydrogens (tertiary/aromatic N) is 2. The lowest BCUT2D eigenvalue weighted by molar-refractivity contribution is 0.387. The van der Waals surface area contributed by atoms with Gasteiger partial charge in [0, 0.05) is 6.54 Å². The number of halogens is 2. The summed E-state index contributed by atoms with van der Waals surface area (Å²) in [7, 11) is 0. The Morgan fingerprint density at radius 2 is 2.15 bits per heavy atom. The van der Waals surface area contributed by atoms with Crippen LogP contribution in [0.1, 0.15) is 50.7 Å². The van der Waals surface area contributed by atoms with E-state index in [4.69, 9.17) is 23.2 Å². The van der Waals surface area contributed by atoms with Crippen molar-refractivity contribution >= 4 is 34.2 Å². The van der Waals surface area contributed by atoms with Crippen LogP contribution in [-0.2, 0) is 6.54 Å². The zero-order chi connectivity index (χ0) is 14.3. The molecule has 4 heteroatoms. The van der Waals surface area contributed by atoms with Crippen molar-refractivity contribution in [1.82, 2.24) is 9.55 Å². The van der Waals surface area contributed by atoms with E-state index in [-0.39, 0.29) is 5.38 Å². The number of hydrogen-bond acceptors (Lipinski definition) is 1. The van der Waals surface area contributed by atoms with Crippen LogP contribution in [-0.4, -0.2) is 9.55 Å². The fourth-order valence-electron chi connectivity index (χ4n) is 3.13. The van der Waals surface area contributed by atoms with Gasteiger partial charge in [0.2, 0.25) is 0 Å². The minimum Gasteiger partial charge on any atom is -0.326 e. The SMILES string of the molecule is CCCC1(Cn2c(C(C)Cl)nc3c(Cl)cccc32)CC1. The van der Waals surface area contributed by atoms with E-state index in [1.807, 2.05) is 19.1 Å². The minimum absolute atomic E-state index is 0.101. The Morgan fingerprint density at radius 1 is 1.40 bits per heavy atom. The third-order valence-corrected chi connectivity index (χ3v) is 4.85. The maximum Gasteiger partial charge on any atom is 0.127 e. The van der Waals surface area contributed by atoms with Crippen LogP contribution in [0, 0.1) is 5.41 Å². The van der Waals surface area contributed by atoms with E-state index in [1.165, 1.54) is 25.7 Å². The van der Waals surface area contributed by atoms with Crippen molar-refractivity contribution < 1.29 is 0 Å². The fourth-order valence-corrected chi connectivity index (χ4v) is 3.51. The third kappa shape index (κ3) is 2.44. The Morgan fingerprint density at radius 3 is 2.75 bits per heavy atom. The molecule has 1 aliphatic rings. The van der Waals surface area contributed by atoms with Crippen molar-refractivity contribution in [2.24, 2.45) is 5.41 Å². The van der Waals surface area contributed by atoms with E-state index in [0.717, 1.165) is 23.4 Å². The summed E-state index contributed by atoms with van der Waals surface area (Å²) in [6.07, 6.45) is 5.15. The molecule has 2 nitrogen and oxygen atoms in total. The molecule has 1 aromatic heterocycles. The highest BCUT2D eigenvalue weighted by atomic mass is 35.5. The Bertz CT molecular complexity index is 627. The lowest BCUT2D eigenvalue weighted by Crippen LogP contribution is -2.14. The van der Waals surface area contributed by atoms with Crippen molar-refractivity contribution in [3.63, 3.8) is 0 Å². The molecule has 1 aromatic carbocycles. The van der Waals surface area contributed by atoms with E-state index >= 15 is 0 Å². The van der Waals surface area contributed by atoms with Gasteiger partial charge in [0.15, 0.2) is 0 Å². The largest absolute Gasteiger partial charge is 0.326 e. The molecular weight excluding hydrogens is 291 g/mol. The molecule has 0 aliphatic heterocycles. The molecule has 1 unspecified atom stereocenters. The molecule has 1 heterocycles. The van der Waals surface area contributed by atoms with Crippen LogP contribution >= 0.6 is 23.2 Å². The van der Waals surface area contributed by atoms with Crippen molar-refractivity contribution in [2.45, 2.75) is 51.5 Å². The standard InChI is InChI=1S/C16H20Cl2N2/c1-3-7-16(8-9-16)10-20-13-6-4-5-12(18)14(13)19-15(20)11(2)17/h4-6,11H,3,7-10H2,1-2H3. The fraction of sp³-hybridized carbons (Fsp3) is 0.562. The average Bonchev–Trinajstić information content (AvgIpc) is 3.04. The Kier molecular flexibility index (Phi) is 3.72. The number of benzene rings is 1. The summed E-state index contributed by atoms with van der Waals surface area (Å²) in [6.45, 7) is 5.25. The molecule has 1 fully saturated rings. The average molecular weight is 311 g/mol. The van der Waals surface area contributed by atoms with Crippen molar-refractivity contribution in [3.05, 3.63) is 29.0 Å². The maximum absolute atomic E-state index is 6.33. The van der Waals surface area contributed by atoms with Crippen LogP contribution in [0.2, 0.25) is 5.02 Å². The highest BCUT2D eigenvalue weighted by molar-refractivity contribution is 6.35. The van der Waals surface area contributed by atoms with E-state index in [9.17, 15) is 0 Å². The highest BCUT2D eigenvalue weighted by Crippen LogP contribution is 2.51. The first kappa shape index (κ1) is 14.2. The second-order valence-corrected chi connectivity index (χ2v) is 7.09. The van der Waals surface area contributed by atoms with Crippen molar-refractivity contribution in [3.8, 4) is 0 Å². The smallest absolute Gasteiger partial charge is 0.127 e. The number of aromatic nitrogens is 2. The second kappa shape index (κ2) is 5.23. The van der Waals surface area contributed by atoms with Gasteiger partial charge in [0.1, 0.15) is 11.3 Å². The van der Waals surface area contributed by atoms with Crippen LogP contribution in [0.15, 0.2) is 18.2 Å². The number of alkyl halides is 1. The van der Waals surface area contributed by atoms with E-state index < -0.39 is 0 Å². The predicted molar refractivity (Wildman–Crippen MR) is 85.6 cm³/mol. The molecule has 1 atom stereocenters. The molecule has 0 radical (unpaired) electrons. The van der Waals surface area contributed by atoms with Gasteiger partial charge in [-0.2, -0.15) is 0 Å². The lowest BCUT2D eigenvalue weighted by atomic mass is 10.0. The van der Waals surface area contributed by atoms with Crippen LogP contribution in [0.3, 0.4) is 0 Å². The molecule has 20 heavy (non-hydrogen) atoms. The van der Waals surface area contributed by atoms with E-state index in [1.54, 1.807) is 0 Å². The maximum atomic E-state index is 6.33. The van der Waals surface area contributed by atoms with Crippen LogP contribution in [0.5, 0.6) is 0 Å². The quantitative estimate of drug-likeness (QED) is 0.660. The zero-order valence-corrected chi connectivity index (χ0v) is 13.5. The molecule has 0 spiro atoms. The molecule has 0 bridgehead atoms. The normalized spacial score (nSPS) is 18.4. The van der Waals surface area contributed by atoms with Gasteiger partial charge in [0.25, 0.3) is 0 Å². The number of rotatable bonds is 5. The summed E-state index contributed by atoms with van der Waals surface area (Å²) >= 11 is 12.6. The van der Waals surface area contributed by atoms with Gasteiger partial charge in [-0.1, -0.05) is 31.0 Å². The van der Waals surface area contributed by atoms with Crippen molar-refractivity contribution in [1.29, 1.82) is 0 Å². The summed E-state index contributed by atoms with van der Waals surface area (Å²) in [6, 6.07) is 5.98. The summed E-state index contributed by atoms with van der Waals surface area (Å²) < 4.78 is 2.29. The molecule has 1 saturated carbocycles. The molecular formula is C16H20Cl2N2. The van der Waals surface area contributed by atoms with Crippen LogP contribution < -0.4 is 0 Å². The Labute approximate surface area is 130 Å². The second-order valence-electron chi connectivity index (χ2n) is 6.03. The summed E-state index contributed by atoms with van der Waals surface area (Å²) in [5, 5.41) is 0.607. The first-order valence-corrected chi connectivity index (χ1v) is 8.16. The van der Waals surface area contributed by atoms with Gasteiger partial charge in [-0.3, -0.25) is 0 Å². The van der Waals surface area contributed by atoms with Gasteiger partial charge in [-0.25, -0.2) is 4.98 Å². The van der Waals surface area contributed by atoms with Gasteiger partial charge in [0.05, 0.1) is 15.9 Å². The Balaban J connectivity index is 2.08. The molecule has 3 rings (SSSR count). The highest BCUT2D eigenvalue weighted by Gasteiger charge is 2.42. The zero-order valence-electron chi connectivity index (χ0n) is 12.0. The summed E-state index contributed by atoms with van der Waals surface area (Å²) in [5.74, 6) is 0.942. The number of para-hydroxylation sites is 1. The lowest BCUT2D eigenvalue weighted by Gasteiger charge is -2.18. The van der Waals surface area contributed by atoms with Gasteiger partial charge < -0.3 is 4.57 Å². The van der Waals surface area contributed by atoms with Crippen LogP contribution in [0.4, 0.5) is 0 Å². The molecule has 0 N–H and O–H groups in total. The number of fused-ring (bicyclic) bond motifs is 1. The monoisotopic (exact) mass is 310 g/mol. The van der Waals surface area contributed by atoms with E-state index in [2.05, 4.69) is 22.5 Å². The van der Waals surface area contributed by atoms with Crippen molar-refractivity contribution in [2.75, 3.05) is 0 Å². The first-order valence-electron chi connectivity index (χ1n) is 7.35. The van der Waals surface area contributed by atoms with Crippen LogP contribution in [0.25, 0.3) is 11.0 Å². The van der Waals surface area contributed by atoms with Gasteiger partial charge >= 0.3 is 0 Å².